The van der Waals surface area contributed by atoms with Gasteiger partial charge in [0.1, 0.15) is 0 Å². The first-order valence-corrected chi connectivity index (χ1v) is 5.37. The molecule has 0 spiro atoms. The second-order valence-electron chi connectivity index (χ2n) is 4.30. The fraction of sp³-hybridized carbons (Fsp3) is 0.833. The highest BCUT2D eigenvalue weighted by molar-refractivity contribution is 4.79. The number of hydrogen-bond acceptors (Lipinski definition) is 1. The first kappa shape index (κ1) is 12.7. The van der Waals surface area contributed by atoms with Crippen LogP contribution in [-0.2, 0) is 0 Å². The Labute approximate surface area is 82.9 Å². The largest absolute Gasteiger partial charge is 0.393 e. The summed E-state index contributed by atoms with van der Waals surface area (Å²) in [5, 5.41) is 9.58. The van der Waals surface area contributed by atoms with Crippen molar-refractivity contribution in [2.75, 3.05) is 0 Å². The van der Waals surface area contributed by atoms with Gasteiger partial charge in [-0.25, -0.2) is 0 Å². The Morgan fingerprint density at radius 3 is 2.23 bits per heavy atom. The van der Waals surface area contributed by atoms with Gasteiger partial charge < -0.3 is 5.11 Å². The van der Waals surface area contributed by atoms with Gasteiger partial charge in [0.05, 0.1) is 6.10 Å². The van der Waals surface area contributed by atoms with Crippen LogP contribution in [0.3, 0.4) is 0 Å². The molecule has 0 heterocycles. The van der Waals surface area contributed by atoms with Crippen molar-refractivity contribution in [1.29, 1.82) is 0 Å². The lowest BCUT2D eigenvalue weighted by Crippen LogP contribution is -2.15. The van der Waals surface area contributed by atoms with Crippen molar-refractivity contribution >= 4 is 0 Å². The van der Waals surface area contributed by atoms with Crippen molar-refractivity contribution in [3.05, 3.63) is 12.2 Å². The van der Waals surface area contributed by atoms with Crippen LogP contribution in [0.25, 0.3) is 0 Å². The predicted molar refractivity (Wildman–Crippen MR) is 58.7 cm³/mol. The number of hydrogen-bond donors (Lipinski definition) is 1. The normalized spacial score (nSPS) is 16.8. The third-order valence-electron chi connectivity index (χ3n) is 2.50. The molecular formula is C12H24O. The van der Waals surface area contributed by atoms with E-state index in [0.717, 1.165) is 19.3 Å². The molecule has 0 saturated heterocycles. The lowest BCUT2D eigenvalue weighted by Gasteiger charge is -2.16. The van der Waals surface area contributed by atoms with Crippen LogP contribution in [0.5, 0.6) is 0 Å². The second-order valence-corrected chi connectivity index (χ2v) is 4.30. The lowest BCUT2D eigenvalue weighted by molar-refractivity contribution is 0.109. The maximum absolute atomic E-state index is 9.58. The molecule has 0 aliphatic carbocycles. The average molecular weight is 184 g/mol. The van der Waals surface area contributed by atoms with E-state index in [2.05, 4.69) is 39.8 Å². The maximum atomic E-state index is 9.58. The molecule has 0 saturated carbocycles. The van der Waals surface area contributed by atoms with E-state index < -0.39 is 0 Å². The van der Waals surface area contributed by atoms with E-state index in [4.69, 9.17) is 0 Å². The number of rotatable bonds is 6. The zero-order valence-electron chi connectivity index (χ0n) is 9.46. The van der Waals surface area contributed by atoms with E-state index in [1.165, 1.54) is 0 Å². The van der Waals surface area contributed by atoms with Gasteiger partial charge >= 0.3 is 0 Å². The summed E-state index contributed by atoms with van der Waals surface area (Å²) in [5.41, 5.74) is 0. The quantitative estimate of drug-likeness (QED) is 0.627. The minimum atomic E-state index is -0.118. The van der Waals surface area contributed by atoms with Crippen molar-refractivity contribution in [2.45, 2.75) is 53.1 Å². The molecule has 1 heteroatoms. The van der Waals surface area contributed by atoms with Gasteiger partial charge in [-0.05, 0) is 38.0 Å². The molecule has 1 N–H and O–H groups in total. The van der Waals surface area contributed by atoms with Crippen LogP contribution in [0.1, 0.15) is 47.0 Å². The predicted octanol–water partition coefficient (Wildman–Crippen LogP) is 3.39. The monoisotopic (exact) mass is 184 g/mol. The number of allylic oxidation sites excluding steroid dienone is 2. The summed E-state index contributed by atoms with van der Waals surface area (Å²) in [6.45, 7) is 8.44. The van der Waals surface area contributed by atoms with Crippen LogP contribution in [-0.4, -0.2) is 11.2 Å². The minimum Gasteiger partial charge on any atom is -0.393 e. The molecule has 0 amide bonds. The maximum Gasteiger partial charge on any atom is 0.0563 e. The molecule has 0 aliphatic rings. The van der Waals surface area contributed by atoms with Crippen molar-refractivity contribution in [2.24, 2.45) is 11.8 Å². The molecule has 0 aromatic heterocycles. The summed E-state index contributed by atoms with van der Waals surface area (Å²) in [7, 11) is 0. The van der Waals surface area contributed by atoms with E-state index in [1.807, 2.05) is 0 Å². The van der Waals surface area contributed by atoms with Gasteiger partial charge in [0.2, 0.25) is 0 Å². The summed E-state index contributed by atoms with van der Waals surface area (Å²) in [6, 6.07) is 0. The van der Waals surface area contributed by atoms with Gasteiger partial charge in [-0.1, -0.05) is 32.9 Å². The highest BCUT2D eigenvalue weighted by Crippen LogP contribution is 2.16. The van der Waals surface area contributed by atoms with Crippen LogP contribution in [0.15, 0.2) is 12.2 Å². The zero-order valence-corrected chi connectivity index (χ0v) is 9.46. The van der Waals surface area contributed by atoms with Gasteiger partial charge in [-0.15, -0.1) is 0 Å². The van der Waals surface area contributed by atoms with E-state index in [0.29, 0.717) is 11.8 Å². The van der Waals surface area contributed by atoms with Crippen molar-refractivity contribution in [3.8, 4) is 0 Å². The molecule has 0 bridgehead atoms. The molecule has 78 valence electrons. The lowest BCUT2D eigenvalue weighted by atomic mass is 9.95. The fourth-order valence-corrected chi connectivity index (χ4v) is 1.27. The van der Waals surface area contributed by atoms with Gasteiger partial charge in [0, 0.05) is 0 Å². The van der Waals surface area contributed by atoms with Gasteiger partial charge in [-0.3, -0.25) is 0 Å². The van der Waals surface area contributed by atoms with E-state index in [-0.39, 0.29) is 6.10 Å². The molecule has 0 unspecified atom stereocenters. The topological polar surface area (TPSA) is 20.2 Å². The third-order valence-corrected chi connectivity index (χ3v) is 2.50. The van der Waals surface area contributed by atoms with Crippen molar-refractivity contribution < 1.29 is 5.11 Å². The zero-order chi connectivity index (χ0) is 10.3. The fourth-order valence-electron chi connectivity index (χ4n) is 1.27. The summed E-state index contributed by atoms with van der Waals surface area (Å²) < 4.78 is 0. The molecule has 0 aromatic rings. The standard InChI is InChI=1S/C12H24O/c1-5-6-7-11(4)8-9-12(13)10(2)3/h5-6,10-13H,7-9H2,1-4H3/b6-5+/t11-,12-/m0/s1. The molecule has 1 nitrogen and oxygen atoms in total. The van der Waals surface area contributed by atoms with Crippen molar-refractivity contribution in [1.82, 2.24) is 0 Å². The summed E-state index contributed by atoms with van der Waals surface area (Å²) >= 11 is 0. The summed E-state index contributed by atoms with van der Waals surface area (Å²) in [5.74, 6) is 1.10. The second kappa shape index (κ2) is 7.14. The van der Waals surface area contributed by atoms with Gasteiger partial charge in [-0.2, -0.15) is 0 Å². The average Bonchev–Trinajstić information content (AvgIpc) is 2.10. The Hall–Kier alpha value is -0.300. The van der Waals surface area contributed by atoms with E-state index in [9.17, 15) is 5.11 Å². The summed E-state index contributed by atoms with van der Waals surface area (Å²) in [6.07, 6.45) is 7.39. The SMILES string of the molecule is C/C=C/C[C@H](C)CC[C@H](O)C(C)C. The Bertz CT molecular complexity index is 138. The Morgan fingerprint density at radius 1 is 1.15 bits per heavy atom. The molecule has 0 aromatic carbocycles. The Kier molecular flexibility index (Phi) is 6.97. The van der Waals surface area contributed by atoms with Gasteiger partial charge in [0.25, 0.3) is 0 Å². The number of aliphatic hydroxyl groups is 1. The van der Waals surface area contributed by atoms with Crippen LogP contribution < -0.4 is 0 Å². The van der Waals surface area contributed by atoms with E-state index >= 15 is 0 Å². The molecule has 0 rings (SSSR count). The molecule has 0 radical (unpaired) electrons. The minimum absolute atomic E-state index is 0.118. The molecule has 0 fully saturated rings. The summed E-state index contributed by atoms with van der Waals surface area (Å²) in [4.78, 5) is 0. The molecule has 0 aliphatic heterocycles. The van der Waals surface area contributed by atoms with Crippen LogP contribution in [0.2, 0.25) is 0 Å². The number of aliphatic hydroxyl groups excluding tert-OH is 1. The van der Waals surface area contributed by atoms with Crippen molar-refractivity contribution in [3.63, 3.8) is 0 Å². The van der Waals surface area contributed by atoms with Crippen LogP contribution >= 0.6 is 0 Å². The molecular weight excluding hydrogens is 160 g/mol. The van der Waals surface area contributed by atoms with Crippen LogP contribution in [0, 0.1) is 11.8 Å². The third kappa shape index (κ3) is 6.83. The molecule has 2 atom stereocenters. The first-order chi connectivity index (χ1) is 6.07. The Morgan fingerprint density at radius 2 is 1.77 bits per heavy atom. The van der Waals surface area contributed by atoms with E-state index in [1.54, 1.807) is 0 Å². The first-order valence-electron chi connectivity index (χ1n) is 5.37. The molecule has 13 heavy (non-hydrogen) atoms. The smallest absolute Gasteiger partial charge is 0.0563 e. The Balaban J connectivity index is 3.51. The van der Waals surface area contributed by atoms with Crippen LogP contribution in [0.4, 0.5) is 0 Å². The van der Waals surface area contributed by atoms with Gasteiger partial charge in [0.15, 0.2) is 0 Å². The highest BCUT2D eigenvalue weighted by atomic mass is 16.3. The highest BCUT2D eigenvalue weighted by Gasteiger charge is 2.10.